The van der Waals surface area contributed by atoms with Crippen LogP contribution in [0.1, 0.15) is 30.7 Å². The van der Waals surface area contributed by atoms with Gasteiger partial charge in [0.25, 0.3) is 0 Å². The van der Waals surface area contributed by atoms with E-state index in [2.05, 4.69) is 10.6 Å². The van der Waals surface area contributed by atoms with Crippen LogP contribution in [0, 0.1) is 17.7 Å². The minimum atomic E-state index is -0.578. The van der Waals surface area contributed by atoms with Crippen molar-refractivity contribution in [1.82, 2.24) is 15.5 Å². The lowest BCUT2D eigenvalue weighted by molar-refractivity contribution is -0.135. The van der Waals surface area contributed by atoms with Crippen molar-refractivity contribution in [2.75, 3.05) is 32.7 Å². The zero-order chi connectivity index (χ0) is 23.2. The van der Waals surface area contributed by atoms with E-state index in [9.17, 15) is 14.0 Å². The molecule has 0 saturated carbocycles. The third-order valence-electron chi connectivity index (χ3n) is 6.55. The molecule has 0 radical (unpaired) electrons. The first-order valence-electron chi connectivity index (χ1n) is 11.5. The van der Waals surface area contributed by atoms with Gasteiger partial charge in [-0.2, -0.15) is 0 Å². The van der Waals surface area contributed by atoms with Gasteiger partial charge in [-0.15, -0.1) is 0 Å². The van der Waals surface area contributed by atoms with Gasteiger partial charge < -0.3 is 20.3 Å². The van der Waals surface area contributed by atoms with Gasteiger partial charge in [0, 0.05) is 36.5 Å². The SMILES string of the molecule is O=C(NCC[C@@H]1CN(C(=O)C2CCNCC2)C[C@H]1c1ccc(Cl)cc1)Oc1ccc(F)cc1. The van der Waals surface area contributed by atoms with Crippen molar-refractivity contribution in [3.05, 3.63) is 64.9 Å². The number of piperidine rings is 1. The van der Waals surface area contributed by atoms with Gasteiger partial charge in [0.15, 0.2) is 0 Å². The van der Waals surface area contributed by atoms with Crippen LogP contribution in [0.3, 0.4) is 0 Å². The molecule has 2 atom stereocenters. The number of rotatable bonds is 6. The number of hydrogen-bond donors (Lipinski definition) is 2. The van der Waals surface area contributed by atoms with Crippen LogP contribution in [0.2, 0.25) is 5.02 Å². The number of likely N-dealkylation sites (tertiary alicyclic amines) is 1. The predicted molar refractivity (Wildman–Crippen MR) is 125 cm³/mol. The average Bonchev–Trinajstić information content (AvgIpc) is 3.25. The predicted octanol–water partition coefficient (Wildman–Crippen LogP) is 4.20. The second-order valence-corrected chi connectivity index (χ2v) is 9.18. The summed E-state index contributed by atoms with van der Waals surface area (Å²) in [6, 6.07) is 13.1. The highest BCUT2D eigenvalue weighted by atomic mass is 35.5. The molecule has 2 aliphatic heterocycles. The molecule has 4 rings (SSSR count). The largest absolute Gasteiger partial charge is 0.412 e. The van der Waals surface area contributed by atoms with Gasteiger partial charge in [-0.3, -0.25) is 4.79 Å². The molecule has 2 amide bonds. The van der Waals surface area contributed by atoms with E-state index in [1.54, 1.807) is 0 Å². The molecule has 0 aromatic heterocycles. The molecule has 176 valence electrons. The molecule has 2 fully saturated rings. The third-order valence-corrected chi connectivity index (χ3v) is 6.80. The van der Waals surface area contributed by atoms with Crippen LogP contribution in [-0.4, -0.2) is 49.6 Å². The van der Waals surface area contributed by atoms with Gasteiger partial charge in [0.2, 0.25) is 5.91 Å². The van der Waals surface area contributed by atoms with Crippen LogP contribution in [0.5, 0.6) is 5.75 Å². The molecule has 2 aromatic rings. The highest BCUT2D eigenvalue weighted by molar-refractivity contribution is 6.30. The van der Waals surface area contributed by atoms with Crippen molar-refractivity contribution in [3.8, 4) is 5.75 Å². The molecule has 2 aliphatic rings. The molecule has 2 N–H and O–H groups in total. The van der Waals surface area contributed by atoms with E-state index in [0.717, 1.165) is 31.5 Å². The summed E-state index contributed by atoms with van der Waals surface area (Å²) in [5.74, 6) is 0.612. The van der Waals surface area contributed by atoms with Gasteiger partial charge >= 0.3 is 6.09 Å². The summed E-state index contributed by atoms with van der Waals surface area (Å²) in [5, 5.41) is 6.77. The summed E-state index contributed by atoms with van der Waals surface area (Å²) < 4.78 is 18.2. The van der Waals surface area contributed by atoms with Gasteiger partial charge in [-0.1, -0.05) is 23.7 Å². The Labute approximate surface area is 198 Å². The van der Waals surface area contributed by atoms with Gasteiger partial charge in [-0.25, -0.2) is 9.18 Å². The Kier molecular flexibility index (Phi) is 7.83. The second-order valence-electron chi connectivity index (χ2n) is 8.74. The number of amides is 2. The standard InChI is InChI=1S/C25H29ClFN3O3/c26-20-3-1-17(2-4-20)23-16-30(24(31)18-9-12-28-13-10-18)15-19(23)11-14-29-25(32)33-22-7-5-21(27)6-8-22/h1-8,18-19,23,28H,9-16H2,(H,29,32)/t19-,23+/m1/s1. The molecule has 2 aromatic carbocycles. The smallest absolute Gasteiger partial charge is 0.410 e. The van der Waals surface area contributed by atoms with Crippen LogP contribution in [0.15, 0.2) is 48.5 Å². The number of carbonyl (C=O) groups is 2. The molecule has 8 heteroatoms. The fraction of sp³-hybridized carbons (Fsp3) is 0.440. The van der Waals surface area contributed by atoms with Gasteiger partial charge in [0.05, 0.1) is 0 Å². The zero-order valence-corrected chi connectivity index (χ0v) is 19.2. The molecule has 0 spiro atoms. The number of carbonyl (C=O) groups excluding carboxylic acids is 2. The first kappa shape index (κ1) is 23.5. The van der Waals surface area contributed by atoms with Crippen LogP contribution in [-0.2, 0) is 4.79 Å². The maximum Gasteiger partial charge on any atom is 0.412 e. The Morgan fingerprint density at radius 3 is 2.45 bits per heavy atom. The number of benzene rings is 2. The van der Waals surface area contributed by atoms with Crippen LogP contribution >= 0.6 is 11.6 Å². The molecule has 33 heavy (non-hydrogen) atoms. The van der Waals surface area contributed by atoms with Crippen molar-refractivity contribution in [2.24, 2.45) is 11.8 Å². The summed E-state index contributed by atoms with van der Waals surface area (Å²) in [6.07, 6.45) is 1.89. The Morgan fingerprint density at radius 1 is 1.06 bits per heavy atom. The summed E-state index contributed by atoms with van der Waals surface area (Å²) in [6.45, 7) is 3.53. The third kappa shape index (κ3) is 6.24. The van der Waals surface area contributed by atoms with E-state index in [4.69, 9.17) is 16.3 Å². The van der Waals surface area contributed by atoms with Crippen molar-refractivity contribution in [1.29, 1.82) is 0 Å². The fourth-order valence-electron chi connectivity index (χ4n) is 4.76. The fourth-order valence-corrected chi connectivity index (χ4v) is 4.89. The molecule has 0 aliphatic carbocycles. The first-order chi connectivity index (χ1) is 16.0. The zero-order valence-electron chi connectivity index (χ0n) is 18.4. The monoisotopic (exact) mass is 473 g/mol. The summed E-state index contributed by atoms with van der Waals surface area (Å²) in [5.41, 5.74) is 1.15. The lowest BCUT2D eigenvalue weighted by atomic mass is 9.87. The first-order valence-corrected chi connectivity index (χ1v) is 11.8. The second kappa shape index (κ2) is 11.0. The lowest BCUT2D eigenvalue weighted by Crippen LogP contribution is -2.40. The number of halogens is 2. The molecular formula is C25H29ClFN3O3. The Hall–Kier alpha value is -2.64. The van der Waals surface area contributed by atoms with E-state index in [1.165, 1.54) is 24.3 Å². The van der Waals surface area contributed by atoms with Crippen molar-refractivity contribution < 1.29 is 18.7 Å². The number of ether oxygens (including phenoxy) is 1. The molecular weight excluding hydrogens is 445 g/mol. The number of nitrogens with one attached hydrogen (secondary N) is 2. The van der Waals surface area contributed by atoms with E-state index in [-0.39, 0.29) is 35.2 Å². The van der Waals surface area contributed by atoms with E-state index in [1.807, 2.05) is 29.2 Å². The average molecular weight is 474 g/mol. The molecule has 2 heterocycles. The highest BCUT2D eigenvalue weighted by Gasteiger charge is 2.38. The highest BCUT2D eigenvalue weighted by Crippen LogP contribution is 2.36. The Balaban J connectivity index is 1.36. The van der Waals surface area contributed by atoms with Gasteiger partial charge in [0.1, 0.15) is 11.6 Å². The minimum Gasteiger partial charge on any atom is -0.410 e. The van der Waals surface area contributed by atoms with E-state index < -0.39 is 6.09 Å². The number of nitrogens with zero attached hydrogens (tertiary/aromatic N) is 1. The normalized spacial score (nSPS) is 21.1. The maximum atomic E-state index is 13.1. The topological polar surface area (TPSA) is 70.7 Å². The Bertz CT molecular complexity index is 948. The summed E-state index contributed by atoms with van der Waals surface area (Å²) in [4.78, 5) is 27.3. The van der Waals surface area contributed by atoms with Crippen molar-refractivity contribution in [3.63, 3.8) is 0 Å². The van der Waals surface area contributed by atoms with E-state index >= 15 is 0 Å². The quantitative estimate of drug-likeness (QED) is 0.659. The van der Waals surface area contributed by atoms with Crippen molar-refractivity contribution in [2.45, 2.75) is 25.2 Å². The number of hydrogen-bond acceptors (Lipinski definition) is 4. The maximum absolute atomic E-state index is 13.1. The molecule has 0 unspecified atom stereocenters. The summed E-state index contributed by atoms with van der Waals surface area (Å²) >= 11 is 6.08. The minimum absolute atomic E-state index is 0.0830. The molecule has 0 bridgehead atoms. The molecule has 6 nitrogen and oxygen atoms in total. The molecule has 2 saturated heterocycles. The summed E-state index contributed by atoms with van der Waals surface area (Å²) in [7, 11) is 0. The van der Waals surface area contributed by atoms with Gasteiger partial charge in [-0.05, 0) is 80.2 Å². The van der Waals surface area contributed by atoms with Crippen LogP contribution < -0.4 is 15.4 Å². The van der Waals surface area contributed by atoms with E-state index in [0.29, 0.717) is 31.1 Å². The Morgan fingerprint density at radius 2 is 1.76 bits per heavy atom. The van der Waals surface area contributed by atoms with Crippen molar-refractivity contribution >= 4 is 23.6 Å². The lowest BCUT2D eigenvalue weighted by Gasteiger charge is -2.27. The van der Waals surface area contributed by atoms with Crippen LogP contribution in [0.4, 0.5) is 9.18 Å². The van der Waals surface area contributed by atoms with Crippen LogP contribution in [0.25, 0.3) is 0 Å².